The highest BCUT2D eigenvalue weighted by Gasteiger charge is 2.22. The predicted molar refractivity (Wildman–Crippen MR) is 58.2 cm³/mol. The monoisotopic (exact) mass is 213 g/mol. The molecule has 0 radical (unpaired) electrons. The molecule has 15 heavy (non-hydrogen) atoms. The van der Waals surface area contributed by atoms with Crippen molar-refractivity contribution >= 4 is 11.9 Å². The number of carbonyl (C=O) groups is 2. The van der Waals surface area contributed by atoms with E-state index in [2.05, 4.69) is 11.9 Å². The molecule has 0 aliphatic rings. The Morgan fingerprint density at radius 3 is 2.27 bits per heavy atom. The Balaban J connectivity index is 3.69. The average molecular weight is 213 g/mol. The highest BCUT2D eigenvalue weighted by atomic mass is 16.5. The topological polar surface area (TPSA) is 55.4 Å². The molecule has 0 rings (SSSR count). The van der Waals surface area contributed by atoms with E-state index in [9.17, 15) is 9.59 Å². The van der Waals surface area contributed by atoms with Crippen LogP contribution in [-0.4, -0.2) is 25.0 Å². The average Bonchev–Trinajstić information content (AvgIpc) is 2.09. The van der Waals surface area contributed by atoms with Gasteiger partial charge in [-0.1, -0.05) is 6.58 Å². The lowest BCUT2D eigenvalue weighted by Crippen LogP contribution is -2.30. The van der Waals surface area contributed by atoms with Gasteiger partial charge < -0.3 is 10.1 Å². The van der Waals surface area contributed by atoms with Gasteiger partial charge in [-0.3, -0.25) is 9.59 Å². The van der Waals surface area contributed by atoms with Crippen molar-refractivity contribution in [2.45, 2.75) is 27.7 Å². The third kappa shape index (κ3) is 5.88. The Kier molecular flexibility index (Phi) is 5.05. The normalized spacial score (nSPS) is 10.7. The van der Waals surface area contributed by atoms with Crippen molar-refractivity contribution in [1.82, 2.24) is 5.32 Å². The van der Waals surface area contributed by atoms with Gasteiger partial charge in [0.25, 0.3) is 0 Å². The van der Waals surface area contributed by atoms with Crippen molar-refractivity contribution in [3.63, 3.8) is 0 Å². The van der Waals surface area contributed by atoms with E-state index in [1.165, 1.54) is 0 Å². The largest absolute Gasteiger partial charge is 0.463 e. The molecule has 0 aliphatic heterocycles. The number of carbonyl (C=O) groups excluding carboxylic acids is 2. The van der Waals surface area contributed by atoms with E-state index in [0.29, 0.717) is 12.1 Å². The third-order valence-electron chi connectivity index (χ3n) is 1.62. The Hall–Kier alpha value is -1.32. The van der Waals surface area contributed by atoms with Crippen LogP contribution in [0, 0.1) is 5.41 Å². The molecule has 0 aliphatic carbocycles. The van der Waals surface area contributed by atoms with Crippen molar-refractivity contribution in [3.8, 4) is 0 Å². The number of rotatable bonds is 4. The number of nitrogens with one attached hydrogen (secondary N) is 1. The maximum atomic E-state index is 11.3. The fourth-order valence-electron chi connectivity index (χ4n) is 0.676. The SMILES string of the molecule is C=C(C)C(=O)NCCOC(=O)C(C)(C)C. The van der Waals surface area contributed by atoms with E-state index in [4.69, 9.17) is 4.74 Å². The summed E-state index contributed by atoms with van der Waals surface area (Å²) >= 11 is 0. The van der Waals surface area contributed by atoms with Gasteiger partial charge in [0.05, 0.1) is 12.0 Å². The van der Waals surface area contributed by atoms with Gasteiger partial charge in [0.2, 0.25) is 5.91 Å². The predicted octanol–water partition coefficient (Wildman–Crippen LogP) is 1.27. The van der Waals surface area contributed by atoms with E-state index in [-0.39, 0.29) is 18.5 Å². The van der Waals surface area contributed by atoms with Crippen molar-refractivity contribution in [2.24, 2.45) is 5.41 Å². The van der Waals surface area contributed by atoms with Crippen molar-refractivity contribution in [1.29, 1.82) is 0 Å². The van der Waals surface area contributed by atoms with Gasteiger partial charge in [-0.2, -0.15) is 0 Å². The van der Waals surface area contributed by atoms with Crippen molar-refractivity contribution in [3.05, 3.63) is 12.2 Å². The molecule has 0 fully saturated rings. The fourth-order valence-corrected chi connectivity index (χ4v) is 0.676. The molecule has 0 bridgehead atoms. The van der Waals surface area contributed by atoms with Crippen LogP contribution >= 0.6 is 0 Å². The Bertz CT molecular complexity index is 263. The van der Waals surface area contributed by atoms with Gasteiger partial charge in [0.15, 0.2) is 0 Å². The summed E-state index contributed by atoms with van der Waals surface area (Å²) in [6.07, 6.45) is 0. The van der Waals surface area contributed by atoms with E-state index in [1.54, 1.807) is 27.7 Å². The van der Waals surface area contributed by atoms with E-state index in [0.717, 1.165) is 0 Å². The van der Waals surface area contributed by atoms with Gasteiger partial charge >= 0.3 is 5.97 Å². The van der Waals surface area contributed by atoms with Crippen LogP contribution in [-0.2, 0) is 14.3 Å². The minimum Gasteiger partial charge on any atom is -0.463 e. The maximum Gasteiger partial charge on any atom is 0.311 e. The number of ether oxygens (including phenoxy) is 1. The molecule has 0 heterocycles. The third-order valence-corrected chi connectivity index (χ3v) is 1.62. The molecular formula is C11H19NO3. The zero-order valence-corrected chi connectivity index (χ0v) is 9.85. The number of hydrogen-bond donors (Lipinski definition) is 1. The first-order valence-electron chi connectivity index (χ1n) is 4.86. The van der Waals surface area contributed by atoms with Crippen molar-refractivity contribution < 1.29 is 14.3 Å². The number of hydrogen-bond acceptors (Lipinski definition) is 3. The molecule has 86 valence electrons. The minimum absolute atomic E-state index is 0.190. The maximum absolute atomic E-state index is 11.3. The van der Waals surface area contributed by atoms with Gasteiger partial charge in [-0.05, 0) is 27.7 Å². The molecule has 0 aromatic heterocycles. The summed E-state index contributed by atoms with van der Waals surface area (Å²) in [5.74, 6) is -0.492. The van der Waals surface area contributed by atoms with Crippen LogP contribution in [0.4, 0.5) is 0 Å². The second kappa shape index (κ2) is 5.53. The Labute approximate surface area is 90.7 Å². The van der Waals surface area contributed by atoms with E-state index >= 15 is 0 Å². The van der Waals surface area contributed by atoms with Gasteiger partial charge in [-0.25, -0.2) is 0 Å². The molecule has 1 N–H and O–H groups in total. The van der Waals surface area contributed by atoms with Crippen LogP contribution in [0.15, 0.2) is 12.2 Å². The van der Waals surface area contributed by atoms with Gasteiger partial charge in [0.1, 0.15) is 6.61 Å². The molecule has 1 amide bonds. The number of amides is 1. The molecule has 4 heteroatoms. The highest BCUT2D eigenvalue weighted by Crippen LogP contribution is 2.14. The second-order valence-corrected chi connectivity index (χ2v) is 4.42. The lowest BCUT2D eigenvalue weighted by Gasteiger charge is -2.16. The van der Waals surface area contributed by atoms with E-state index < -0.39 is 5.41 Å². The standard InChI is InChI=1S/C11H19NO3/c1-8(2)9(13)12-6-7-15-10(14)11(3,4)5/h1,6-7H2,2-5H3,(H,12,13). The molecule has 0 saturated carbocycles. The van der Waals surface area contributed by atoms with Gasteiger partial charge in [0, 0.05) is 5.57 Å². The summed E-state index contributed by atoms with van der Waals surface area (Å²) < 4.78 is 4.95. The molecular weight excluding hydrogens is 194 g/mol. The first-order valence-corrected chi connectivity index (χ1v) is 4.86. The second-order valence-electron chi connectivity index (χ2n) is 4.42. The summed E-state index contributed by atoms with van der Waals surface area (Å²) in [6, 6.07) is 0. The first kappa shape index (κ1) is 13.7. The zero-order valence-electron chi connectivity index (χ0n) is 9.85. The zero-order chi connectivity index (χ0) is 12.1. The number of esters is 1. The Morgan fingerprint density at radius 1 is 1.33 bits per heavy atom. The molecule has 0 aromatic carbocycles. The molecule has 0 unspecified atom stereocenters. The van der Waals surface area contributed by atoms with Crippen LogP contribution in [0.5, 0.6) is 0 Å². The quantitative estimate of drug-likeness (QED) is 0.434. The fraction of sp³-hybridized carbons (Fsp3) is 0.636. The van der Waals surface area contributed by atoms with Crippen LogP contribution in [0.3, 0.4) is 0 Å². The lowest BCUT2D eigenvalue weighted by atomic mass is 9.97. The van der Waals surface area contributed by atoms with Crippen LogP contribution in [0.1, 0.15) is 27.7 Å². The molecule has 0 spiro atoms. The summed E-state index contributed by atoms with van der Waals surface area (Å²) in [5.41, 5.74) is -0.0598. The lowest BCUT2D eigenvalue weighted by molar-refractivity contribution is -0.152. The van der Waals surface area contributed by atoms with Crippen LogP contribution < -0.4 is 5.32 Å². The summed E-state index contributed by atoms with van der Waals surface area (Å²) in [4.78, 5) is 22.3. The molecule has 4 nitrogen and oxygen atoms in total. The molecule has 0 aromatic rings. The van der Waals surface area contributed by atoms with Gasteiger partial charge in [-0.15, -0.1) is 0 Å². The summed E-state index contributed by atoms with van der Waals surface area (Å²) in [7, 11) is 0. The summed E-state index contributed by atoms with van der Waals surface area (Å²) in [6.45, 7) is 11.0. The smallest absolute Gasteiger partial charge is 0.311 e. The Morgan fingerprint density at radius 2 is 1.87 bits per heavy atom. The van der Waals surface area contributed by atoms with E-state index in [1.807, 2.05) is 0 Å². The first-order chi connectivity index (χ1) is 6.75. The van der Waals surface area contributed by atoms with Crippen molar-refractivity contribution in [2.75, 3.05) is 13.2 Å². The minimum atomic E-state index is -0.502. The summed E-state index contributed by atoms with van der Waals surface area (Å²) in [5, 5.41) is 2.57. The van der Waals surface area contributed by atoms with Crippen LogP contribution in [0.25, 0.3) is 0 Å². The van der Waals surface area contributed by atoms with Crippen LogP contribution in [0.2, 0.25) is 0 Å². The molecule has 0 atom stereocenters. The molecule has 0 saturated heterocycles. The highest BCUT2D eigenvalue weighted by molar-refractivity contribution is 5.92.